The van der Waals surface area contributed by atoms with Gasteiger partial charge in [0.2, 0.25) is 0 Å². The summed E-state index contributed by atoms with van der Waals surface area (Å²) in [6.45, 7) is 16.9. The van der Waals surface area contributed by atoms with E-state index in [1.54, 1.807) is 0 Å². The number of nitrogens with zero attached hydrogens (tertiary/aromatic N) is 5. The minimum absolute atomic E-state index is 0.533. The summed E-state index contributed by atoms with van der Waals surface area (Å²) in [7, 11) is 1.95. The molecule has 2 rings (SSSR count). The molecule has 0 radical (unpaired) electrons. The van der Waals surface area contributed by atoms with Gasteiger partial charge in [-0.15, -0.1) is 0 Å². The van der Waals surface area contributed by atoms with Crippen LogP contribution in [0.25, 0.3) is 11.4 Å². The fourth-order valence-corrected chi connectivity index (χ4v) is 3.29. The highest BCUT2D eigenvalue weighted by atomic mass is 15.3. The molecule has 0 unspecified atom stereocenters. The van der Waals surface area contributed by atoms with Crippen molar-refractivity contribution in [1.29, 1.82) is 0 Å². The molecular weight excluding hydrogens is 312 g/mol. The Hall–Kier alpha value is -1.95. The fraction of sp³-hybridized carbons (Fsp3) is 0.632. The minimum Gasteiger partial charge on any atom is -0.369 e. The first-order valence-electron chi connectivity index (χ1n) is 9.06. The Bertz CT molecular complexity index is 709. The van der Waals surface area contributed by atoms with Crippen molar-refractivity contribution in [3.8, 4) is 11.4 Å². The second-order valence-electron chi connectivity index (χ2n) is 7.24. The highest BCUT2D eigenvalue weighted by Crippen LogP contribution is 2.24. The number of hydrogen-bond donors (Lipinski definition) is 1. The number of rotatable bonds is 7. The summed E-state index contributed by atoms with van der Waals surface area (Å²) in [5.74, 6) is 1.62. The molecule has 138 valence electrons. The van der Waals surface area contributed by atoms with Crippen LogP contribution in [0.4, 0.5) is 5.82 Å². The molecule has 0 saturated heterocycles. The van der Waals surface area contributed by atoms with Crippen LogP contribution in [0.2, 0.25) is 0 Å². The molecule has 0 aromatic carbocycles. The third kappa shape index (κ3) is 4.57. The maximum Gasteiger partial charge on any atom is 0.165 e. The van der Waals surface area contributed by atoms with Gasteiger partial charge in [-0.3, -0.25) is 9.58 Å². The second kappa shape index (κ2) is 7.95. The highest BCUT2D eigenvalue weighted by molar-refractivity contribution is 5.63. The summed E-state index contributed by atoms with van der Waals surface area (Å²) in [4.78, 5) is 11.8. The summed E-state index contributed by atoms with van der Waals surface area (Å²) >= 11 is 0. The molecule has 0 atom stereocenters. The zero-order valence-electron chi connectivity index (χ0n) is 16.9. The molecule has 6 nitrogen and oxygen atoms in total. The summed E-state index contributed by atoms with van der Waals surface area (Å²) in [6, 6.07) is 3.06. The Labute approximate surface area is 151 Å². The lowest BCUT2D eigenvalue weighted by Crippen LogP contribution is -2.40. The van der Waals surface area contributed by atoms with Crippen molar-refractivity contribution in [2.45, 2.75) is 60.5 Å². The Morgan fingerprint density at radius 1 is 1.08 bits per heavy atom. The smallest absolute Gasteiger partial charge is 0.165 e. The average Bonchev–Trinajstić information content (AvgIpc) is 2.75. The van der Waals surface area contributed by atoms with Gasteiger partial charge in [0.15, 0.2) is 5.82 Å². The summed E-state index contributed by atoms with van der Waals surface area (Å²) in [5.41, 5.74) is 4.03. The number of anilines is 1. The van der Waals surface area contributed by atoms with E-state index in [0.29, 0.717) is 12.1 Å². The van der Waals surface area contributed by atoms with E-state index in [1.165, 1.54) is 0 Å². The van der Waals surface area contributed by atoms with Gasteiger partial charge in [-0.25, -0.2) is 9.97 Å². The summed E-state index contributed by atoms with van der Waals surface area (Å²) < 4.78 is 1.88. The third-order valence-electron chi connectivity index (χ3n) is 4.59. The van der Waals surface area contributed by atoms with Crippen molar-refractivity contribution < 1.29 is 0 Å². The molecule has 0 bridgehead atoms. The predicted molar refractivity (Wildman–Crippen MR) is 104 cm³/mol. The number of hydrogen-bond acceptors (Lipinski definition) is 5. The fourth-order valence-electron chi connectivity index (χ4n) is 3.29. The van der Waals surface area contributed by atoms with Gasteiger partial charge in [-0.2, -0.15) is 5.10 Å². The molecule has 0 aliphatic heterocycles. The van der Waals surface area contributed by atoms with Crippen LogP contribution in [0.15, 0.2) is 6.07 Å². The van der Waals surface area contributed by atoms with Crippen LogP contribution in [0.1, 0.15) is 44.8 Å². The van der Waals surface area contributed by atoms with Crippen LogP contribution in [0.3, 0.4) is 0 Å². The van der Waals surface area contributed by atoms with Crippen LogP contribution in [-0.4, -0.2) is 49.8 Å². The van der Waals surface area contributed by atoms with Gasteiger partial charge in [0.05, 0.1) is 11.3 Å². The largest absolute Gasteiger partial charge is 0.369 e. The SMILES string of the molecule is Cc1cc(NCCN(C(C)C)C(C)C)nc(-c2c(C)nn(C)c2C)n1. The number of nitrogens with one attached hydrogen (secondary N) is 1. The standard InChI is InChI=1S/C19H32N6/c1-12(2)25(13(3)4)10-9-20-17-11-14(5)21-19(22-17)18-15(6)23-24(8)16(18)7/h11-13H,9-10H2,1-8H3,(H,20,21,22). The van der Waals surface area contributed by atoms with E-state index in [4.69, 9.17) is 4.98 Å². The lowest BCUT2D eigenvalue weighted by molar-refractivity contribution is 0.182. The van der Waals surface area contributed by atoms with Crippen molar-refractivity contribution in [3.63, 3.8) is 0 Å². The van der Waals surface area contributed by atoms with E-state index in [9.17, 15) is 0 Å². The van der Waals surface area contributed by atoms with Gasteiger partial charge in [-0.1, -0.05) is 0 Å². The summed E-state index contributed by atoms with van der Waals surface area (Å²) in [6.07, 6.45) is 0. The molecule has 0 spiro atoms. The molecule has 25 heavy (non-hydrogen) atoms. The van der Waals surface area contributed by atoms with Gasteiger partial charge >= 0.3 is 0 Å². The van der Waals surface area contributed by atoms with Crippen molar-refractivity contribution in [3.05, 3.63) is 23.1 Å². The third-order valence-corrected chi connectivity index (χ3v) is 4.59. The van der Waals surface area contributed by atoms with Gasteiger partial charge in [0.1, 0.15) is 5.82 Å². The predicted octanol–water partition coefficient (Wildman–Crippen LogP) is 3.33. The van der Waals surface area contributed by atoms with Gasteiger partial charge in [-0.05, 0) is 48.5 Å². The van der Waals surface area contributed by atoms with Crippen LogP contribution >= 0.6 is 0 Å². The maximum absolute atomic E-state index is 4.73. The average molecular weight is 345 g/mol. The molecule has 0 aliphatic rings. The van der Waals surface area contributed by atoms with E-state index < -0.39 is 0 Å². The molecule has 0 fully saturated rings. The Morgan fingerprint density at radius 3 is 2.24 bits per heavy atom. The second-order valence-corrected chi connectivity index (χ2v) is 7.24. The molecule has 0 amide bonds. The lowest BCUT2D eigenvalue weighted by atomic mass is 10.2. The molecule has 2 heterocycles. The molecular formula is C19H32N6. The first-order valence-corrected chi connectivity index (χ1v) is 9.06. The topological polar surface area (TPSA) is 58.9 Å². The van der Waals surface area contributed by atoms with Crippen molar-refractivity contribution >= 4 is 5.82 Å². The van der Waals surface area contributed by atoms with Gasteiger partial charge in [0.25, 0.3) is 0 Å². The Morgan fingerprint density at radius 2 is 1.72 bits per heavy atom. The van der Waals surface area contributed by atoms with E-state index in [2.05, 4.69) is 54.9 Å². The molecule has 0 aliphatic carbocycles. The van der Waals surface area contributed by atoms with Crippen molar-refractivity contribution in [2.75, 3.05) is 18.4 Å². The van der Waals surface area contributed by atoms with Crippen LogP contribution < -0.4 is 5.32 Å². The Kier molecular flexibility index (Phi) is 6.16. The van der Waals surface area contributed by atoms with Crippen LogP contribution in [0.5, 0.6) is 0 Å². The normalized spacial score (nSPS) is 11.8. The summed E-state index contributed by atoms with van der Waals surface area (Å²) in [5, 5.41) is 7.94. The Balaban J connectivity index is 2.17. The first kappa shape index (κ1) is 19.4. The van der Waals surface area contributed by atoms with Crippen LogP contribution in [0, 0.1) is 20.8 Å². The quantitative estimate of drug-likeness (QED) is 0.835. The molecule has 2 aromatic heterocycles. The zero-order chi connectivity index (χ0) is 18.7. The number of aromatic nitrogens is 4. The van der Waals surface area contributed by atoms with Gasteiger partial charge < -0.3 is 5.32 Å². The van der Waals surface area contributed by atoms with E-state index >= 15 is 0 Å². The zero-order valence-corrected chi connectivity index (χ0v) is 16.9. The highest BCUT2D eigenvalue weighted by Gasteiger charge is 2.16. The minimum atomic E-state index is 0.533. The van der Waals surface area contributed by atoms with E-state index in [-0.39, 0.29) is 0 Å². The van der Waals surface area contributed by atoms with Gasteiger partial charge in [0, 0.05) is 49.7 Å². The van der Waals surface area contributed by atoms with Crippen molar-refractivity contribution in [1.82, 2.24) is 24.6 Å². The van der Waals surface area contributed by atoms with E-state index in [1.807, 2.05) is 31.6 Å². The number of aryl methyl sites for hydroxylation is 3. The maximum atomic E-state index is 4.73. The monoisotopic (exact) mass is 344 g/mol. The molecule has 6 heteroatoms. The van der Waals surface area contributed by atoms with E-state index in [0.717, 1.165) is 47.4 Å². The molecule has 1 N–H and O–H groups in total. The first-order chi connectivity index (χ1) is 11.7. The lowest BCUT2D eigenvalue weighted by Gasteiger charge is -2.30. The molecule has 0 saturated carbocycles. The van der Waals surface area contributed by atoms with Crippen molar-refractivity contribution in [2.24, 2.45) is 7.05 Å². The molecule has 2 aromatic rings. The van der Waals surface area contributed by atoms with Crippen LogP contribution in [-0.2, 0) is 7.05 Å².